The molecule has 0 spiro atoms. The van der Waals surface area contributed by atoms with Crippen LogP contribution < -0.4 is 0 Å². The molecule has 0 atom stereocenters. The molecule has 5 heteroatoms. The lowest BCUT2D eigenvalue weighted by atomic mass is 10.2. The summed E-state index contributed by atoms with van der Waals surface area (Å²) >= 11 is 19.1. The van der Waals surface area contributed by atoms with Crippen LogP contribution in [-0.4, -0.2) is 4.98 Å². The van der Waals surface area contributed by atoms with Crippen molar-refractivity contribution in [1.82, 2.24) is 4.98 Å². The van der Waals surface area contributed by atoms with E-state index in [0.717, 1.165) is 11.3 Å². The van der Waals surface area contributed by atoms with Gasteiger partial charge in [-0.05, 0) is 12.1 Å². The molecule has 2 rings (SSSR count). The second-order valence-corrected chi connectivity index (χ2v) is 4.54. The first-order valence-electron chi connectivity index (χ1n) is 3.71. The minimum Gasteiger partial charge on any atom is -0.245 e. The maximum Gasteiger partial charge on any atom is 0.0812 e. The summed E-state index contributed by atoms with van der Waals surface area (Å²) in [6.45, 7) is 0. The number of nitrogens with zero attached hydrogens (tertiary/aromatic N) is 1. The standard InChI is InChI=1S/C9H4Cl3NS/c10-6-1-5(2-7(11)9(6)12)8-3-14-4-13-8/h1-4H. The maximum atomic E-state index is 5.90. The molecule has 1 nitrogen and oxygen atoms in total. The van der Waals surface area contributed by atoms with E-state index in [2.05, 4.69) is 4.98 Å². The Labute approximate surface area is 100 Å². The number of rotatable bonds is 1. The molecule has 72 valence electrons. The Kier molecular flexibility index (Phi) is 2.98. The molecule has 0 fully saturated rings. The van der Waals surface area contributed by atoms with Gasteiger partial charge in [0, 0.05) is 10.9 Å². The van der Waals surface area contributed by atoms with Gasteiger partial charge in [-0.25, -0.2) is 4.98 Å². The van der Waals surface area contributed by atoms with Crippen LogP contribution in [0.4, 0.5) is 0 Å². The normalized spacial score (nSPS) is 10.5. The summed E-state index contributed by atoms with van der Waals surface area (Å²) in [5.41, 5.74) is 3.49. The highest BCUT2D eigenvalue weighted by molar-refractivity contribution is 7.07. The predicted molar refractivity (Wildman–Crippen MR) is 62.6 cm³/mol. The van der Waals surface area contributed by atoms with Crippen LogP contribution in [-0.2, 0) is 0 Å². The first kappa shape index (κ1) is 10.2. The van der Waals surface area contributed by atoms with Gasteiger partial charge in [-0.1, -0.05) is 34.8 Å². The number of hydrogen-bond donors (Lipinski definition) is 0. The molecular weight excluding hydrogens is 261 g/mol. The van der Waals surface area contributed by atoms with E-state index in [1.54, 1.807) is 17.6 Å². The molecule has 1 aromatic carbocycles. The van der Waals surface area contributed by atoms with E-state index in [1.807, 2.05) is 5.38 Å². The lowest BCUT2D eigenvalue weighted by Gasteiger charge is -2.02. The first-order chi connectivity index (χ1) is 6.68. The van der Waals surface area contributed by atoms with Crippen molar-refractivity contribution in [2.75, 3.05) is 0 Å². The summed E-state index contributed by atoms with van der Waals surface area (Å²) in [6.07, 6.45) is 0. The number of hydrogen-bond acceptors (Lipinski definition) is 2. The molecule has 0 saturated heterocycles. The SMILES string of the molecule is Clc1cc(-c2cscn2)cc(Cl)c1Cl. The first-order valence-corrected chi connectivity index (χ1v) is 5.79. The molecule has 0 amide bonds. The van der Waals surface area contributed by atoms with Crippen LogP contribution in [0.2, 0.25) is 15.1 Å². The number of benzene rings is 1. The second-order valence-electron chi connectivity index (χ2n) is 2.63. The average Bonchev–Trinajstić information content (AvgIpc) is 2.66. The third-order valence-electron chi connectivity index (χ3n) is 1.71. The number of aromatic nitrogens is 1. The van der Waals surface area contributed by atoms with Gasteiger partial charge in [0.15, 0.2) is 0 Å². The zero-order chi connectivity index (χ0) is 10.1. The molecule has 1 aromatic heterocycles. The molecule has 0 N–H and O–H groups in total. The van der Waals surface area contributed by atoms with Crippen molar-refractivity contribution in [3.8, 4) is 11.3 Å². The molecule has 0 aliphatic heterocycles. The third kappa shape index (κ3) is 1.89. The molecular formula is C9H4Cl3NS. The zero-order valence-electron chi connectivity index (χ0n) is 6.80. The van der Waals surface area contributed by atoms with Gasteiger partial charge in [0.05, 0.1) is 26.3 Å². The van der Waals surface area contributed by atoms with Crippen LogP contribution in [0.15, 0.2) is 23.0 Å². The van der Waals surface area contributed by atoms with E-state index in [9.17, 15) is 0 Å². The minimum absolute atomic E-state index is 0.382. The van der Waals surface area contributed by atoms with Gasteiger partial charge in [0.2, 0.25) is 0 Å². The summed E-state index contributed by atoms with van der Waals surface area (Å²) in [5, 5.41) is 3.20. The largest absolute Gasteiger partial charge is 0.245 e. The quantitative estimate of drug-likeness (QED) is 0.676. The van der Waals surface area contributed by atoms with E-state index in [4.69, 9.17) is 34.8 Å². The minimum atomic E-state index is 0.382. The molecule has 1 heterocycles. The summed E-state index contributed by atoms with van der Waals surface area (Å²) in [5.74, 6) is 0. The fourth-order valence-electron chi connectivity index (χ4n) is 1.06. The molecule has 0 unspecified atom stereocenters. The lowest BCUT2D eigenvalue weighted by molar-refractivity contribution is 1.41. The van der Waals surface area contributed by atoms with Gasteiger partial charge >= 0.3 is 0 Å². The third-order valence-corrected chi connectivity index (χ3v) is 3.50. The summed E-state index contributed by atoms with van der Waals surface area (Å²) in [6, 6.07) is 3.51. The van der Waals surface area contributed by atoms with Crippen LogP contribution in [0, 0.1) is 0 Å². The molecule has 0 bridgehead atoms. The maximum absolute atomic E-state index is 5.90. The fourth-order valence-corrected chi connectivity index (χ4v) is 2.22. The Hall–Kier alpha value is -0.280. The lowest BCUT2D eigenvalue weighted by Crippen LogP contribution is -1.79. The van der Waals surface area contributed by atoms with Crippen molar-refractivity contribution in [3.63, 3.8) is 0 Å². The van der Waals surface area contributed by atoms with Crippen molar-refractivity contribution in [2.45, 2.75) is 0 Å². The van der Waals surface area contributed by atoms with E-state index in [1.165, 1.54) is 11.3 Å². The Balaban J connectivity index is 2.57. The Bertz CT molecular complexity index is 430. The molecule has 0 aliphatic carbocycles. The topological polar surface area (TPSA) is 12.9 Å². The van der Waals surface area contributed by atoms with Crippen molar-refractivity contribution >= 4 is 46.1 Å². The molecule has 0 saturated carbocycles. The number of halogens is 3. The van der Waals surface area contributed by atoms with Crippen molar-refractivity contribution in [1.29, 1.82) is 0 Å². The van der Waals surface area contributed by atoms with Crippen LogP contribution in [0.3, 0.4) is 0 Å². The second kappa shape index (κ2) is 4.07. The predicted octanol–water partition coefficient (Wildman–Crippen LogP) is 4.77. The smallest absolute Gasteiger partial charge is 0.0812 e. The van der Waals surface area contributed by atoms with Crippen molar-refractivity contribution in [3.05, 3.63) is 38.1 Å². The van der Waals surface area contributed by atoms with Gasteiger partial charge in [0.1, 0.15) is 0 Å². The van der Waals surface area contributed by atoms with Crippen LogP contribution in [0.1, 0.15) is 0 Å². The van der Waals surface area contributed by atoms with E-state index < -0.39 is 0 Å². The van der Waals surface area contributed by atoms with E-state index >= 15 is 0 Å². The molecule has 14 heavy (non-hydrogen) atoms. The van der Waals surface area contributed by atoms with Crippen LogP contribution in [0.25, 0.3) is 11.3 Å². The monoisotopic (exact) mass is 263 g/mol. The van der Waals surface area contributed by atoms with E-state index in [0.29, 0.717) is 15.1 Å². The Morgan fingerprint density at radius 1 is 1.07 bits per heavy atom. The van der Waals surface area contributed by atoms with Gasteiger partial charge in [-0.15, -0.1) is 11.3 Å². The van der Waals surface area contributed by atoms with Gasteiger partial charge in [-0.3, -0.25) is 0 Å². The summed E-state index contributed by atoms with van der Waals surface area (Å²) < 4.78 is 0. The zero-order valence-corrected chi connectivity index (χ0v) is 9.88. The van der Waals surface area contributed by atoms with Gasteiger partial charge in [0.25, 0.3) is 0 Å². The van der Waals surface area contributed by atoms with Crippen LogP contribution in [0.5, 0.6) is 0 Å². The van der Waals surface area contributed by atoms with Crippen molar-refractivity contribution < 1.29 is 0 Å². The highest BCUT2D eigenvalue weighted by Crippen LogP contribution is 2.34. The summed E-state index contributed by atoms with van der Waals surface area (Å²) in [7, 11) is 0. The molecule has 0 radical (unpaired) electrons. The Morgan fingerprint density at radius 3 is 2.21 bits per heavy atom. The van der Waals surface area contributed by atoms with E-state index in [-0.39, 0.29) is 0 Å². The average molecular weight is 265 g/mol. The molecule has 0 aliphatic rings. The fraction of sp³-hybridized carbons (Fsp3) is 0. The van der Waals surface area contributed by atoms with Crippen LogP contribution >= 0.6 is 46.1 Å². The number of thiazole rings is 1. The Morgan fingerprint density at radius 2 is 1.71 bits per heavy atom. The highest BCUT2D eigenvalue weighted by atomic mass is 35.5. The highest BCUT2D eigenvalue weighted by Gasteiger charge is 2.08. The summed E-state index contributed by atoms with van der Waals surface area (Å²) in [4.78, 5) is 4.16. The van der Waals surface area contributed by atoms with Gasteiger partial charge in [-0.2, -0.15) is 0 Å². The van der Waals surface area contributed by atoms with Gasteiger partial charge < -0.3 is 0 Å². The molecule has 2 aromatic rings. The van der Waals surface area contributed by atoms with Crippen molar-refractivity contribution in [2.24, 2.45) is 0 Å².